The van der Waals surface area contributed by atoms with Gasteiger partial charge >= 0.3 is 0 Å². The minimum Gasteiger partial charge on any atom is -0.508 e. The van der Waals surface area contributed by atoms with Crippen molar-refractivity contribution in [1.82, 2.24) is 5.32 Å². The number of carbonyl (C=O) groups excluding carboxylic acids is 2. The molecule has 0 aliphatic heterocycles. The van der Waals surface area contributed by atoms with Crippen molar-refractivity contribution in [3.8, 4) is 5.75 Å². The number of allylic oxidation sites excluding steroid dienone is 1. The lowest BCUT2D eigenvalue weighted by atomic mass is 9.55. The predicted molar refractivity (Wildman–Crippen MR) is 170 cm³/mol. The fourth-order valence-corrected chi connectivity index (χ4v) is 8.87. The van der Waals surface area contributed by atoms with E-state index in [1.54, 1.807) is 6.07 Å². The smallest absolute Gasteiger partial charge is 0.227 e. The number of fused-ring (bicyclic) bond motifs is 4. The van der Waals surface area contributed by atoms with Crippen LogP contribution in [0, 0.1) is 23.2 Å². The number of phenolic OH excluding ortho intramolecular Hbond substituents is 1. The fraction of sp³-hybridized carbons (Fsp3) is 0.568. The molecule has 5 heteroatoms. The van der Waals surface area contributed by atoms with Crippen molar-refractivity contribution in [2.24, 2.45) is 23.2 Å². The van der Waals surface area contributed by atoms with Crippen LogP contribution in [0.4, 0.5) is 5.69 Å². The number of amides is 2. The van der Waals surface area contributed by atoms with Gasteiger partial charge in [-0.2, -0.15) is 0 Å². The number of aryl methyl sites for hydroxylation is 2. The molecule has 0 heterocycles. The van der Waals surface area contributed by atoms with Gasteiger partial charge in [-0.15, -0.1) is 0 Å². The molecule has 5 nitrogen and oxygen atoms in total. The molecule has 42 heavy (non-hydrogen) atoms. The van der Waals surface area contributed by atoms with E-state index in [9.17, 15) is 14.7 Å². The zero-order valence-electron chi connectivity index (χ0n) is 26.3. The van der Waals surface area contributed by atoms with Gasteiger partial charge in [-0.05, 0) is 121 Å². The second kappa shape index (κ2) is 11.9. The summed E-state index contributed by atoms with van der Waals surface area (Å²) in [6.07, 6.45) is 9.36. The van der Waals surface area contributed by atoms with E-state index >= 15 is 0 Å². The molecule has 3 N–H and O–H groups in total. The third-order valence-corrected chi connectivity index (χ3v) is 11.6. The monoisotopic (exact) mass is 570 g/mol. The Bertz CT molecular complexity index is 1360. The van der Waals surface area contributed by atoms with E-state index in [1.807, 2.05) is 19.1 Å². The van der Waals surface area contributed by atoms with Crippen molar-refractivity contribution in [1.29, 1.82) is 0 Å². The Balaban J connectivity index is 1.37. The van der Waals surface area contributed by atoms with Crippen molar-refractivity contribution in [3.05, 3.63) is 70.9 Å². The highest BCUT2D eigenvalue weighted by Gasteiger charge is 2.49. The number of carbonyl (C=O) groups is 2. The molecule has 0 bridgehead atoms. The van der Waals surface area contributed by atoms with Crippen LogP contribution in [0.25, 0.3) is 0 Å². The molecular weight excluding hydrogens is 520 g/mol. The van der Waals surface area contributed by atoms with Crippen molar-refractivity contribution < 1.29 is 14.7 Å². The van der Waals surface area contributed by atoms with Crippen LogP contribution in [0.2, 0.25) is 0 Å². The molecule has 6 atom stereocenters. The summed E-state index contributed by atoms with van der Waals surface area (Å²) in [4.78, 5) is 26.3. The third kappa shape index (κ3) is 5.29. The Morgan fingerprint density at radius 3 is 2.48 bits per heavy atom. The number of hydrogen-bond donors (Lipinski definition) is 3. The van der Waals surface area contributed by atoms with Crippen LogP contribution in [0.1, 0.15) is 114 Å². The topological polar surface area (TPSA) is 78.4 Å². The molecule has 0 spiro atoms. The number of aromatic hydroxyl groups is 1. The summed E-state index contributed by atoms with van der Waals surface area (Å²) in [5.74, 6) is 1.31. The molecule has 0 saturated heterocycles. The molecule has 1 saturated carbocycles. The van der Waals surface area contributed by atoms with E-state index in [0.717, 1.165) is 69.2 Å². The number of benzene rings is 2. The van der Waals surface area contributed by atoms with Crippen LogP contribution >= 0.6 is 0 Å². The summed E-state index contributed by atoms with van der Waals surface area (Å²) in [6, 6.07) is 12.2. The number of phenols is 1. The minimum atomic E-state index is -0.181. The van der Waals surface area contributed by atoms with E-state index in [2.05, 4.69) is 63.1 Å². The first-order valence-electron chi connectivity index (χ1n) is 16.3. The first-order chi connectivity index (χ1) is 20.0. The number of anilines is 1. The van der Waals surface area contributed by atoms with Crippen molar-refractivity contribution >= 4 is 17.5 Å². The SMILES string of the molecule is C=C(NC(=O)[C@@H](CC)C1CCc2ccc(NC(=O)CC)cc2C1(C)CC)C1(C)CCCC2c3cc(O)ccc3CCC21. The van der Waals surface area contributed by atoms with Crippen LogP contribution in [-0.4, -0.2) is 16.9 Å². The third-order valence-electron chi connectivity index (χ3n) is 11.6. The normalized spacial score (nSPS) is 28.9. The lowest BCUT2D eigenvalue weighted by Crippen LogP contribution is -2.49. The highest BCUT2D eigenvalue weighted by atomic mass is 16.3. The molecule has 1 fully saturated rings. The summed E-state index contributed by atoms with van der Waals surface area (Å²) < 4.78 is 0. The second-order valence-corrected chi connectivity index (χ2v) is 13.6. The Kier molecular flexibility index (Phi) is 8.60. The van der Waals surface area contributed by atoms with Crippen LogP contribution in [0.5, 0.6) is 5.75 Å². The standard InChI is InChI=1S/C37H50N2O3/c1-7-28(31-19-15-25-12-16-26(39-34(41)8-2)21-33(25)36(31,5)9-3)35(42)38-23(4)37(6)20-10-11-29-30-22-27(40)17-13-24(30)14-18-32(29)37/h12-13,16-17,21-22,28-29,31-32,40H,4,7-11,14-15,18-20H2,1-3,5-6H3,(H,38,42)(H,39,41)/t28-,29?,31?,32?,36?,37?/m0/s1. The molecular formula is C37H50N2O3. The maximum Gasteiger partial charge on any atom is 0.227 e. The van der Waals surface area contributed by atoms with Crippen LogP contribution < -0.4 is 10.6 Å². The second-order valence-electron chi connectivity index (χ2n) is 13.6. The van der Waals surface area contributed by atoms with Gasteiger partial charge in [0.2, 0.25) is 11.8 Å². The lowest BCUT2D eigenvalue weighted by Gasteiger charge is -2.50. The summed E-state index contributed by atoms with van der Waals surface area (Å²) in [6.45, 7) is 15.4. The van der Waals surface area contributed by atoms with Gasteiger partial charge in [0.1, 0.15) is 5.75 Å². The number of rotatable bonds is 8. The largest absolute Gasteiger partial charge is 0.508 e. The van der Waals surface area contributed by atoms with Gasteiger partial charge in [-0.25, -0.2) is 0 Å². The lowest BCUT2D eigenvalue weighted by molar-refractivity contribution is -0.128. The average molecular weight is 571 g/mol. The summed E-state index contributed by atoms with van der Waals surface area (Å²) >= 11 is 0. The molecule has 2 amide bonds. The summed E-state index contributed by atoms with van der Waals surface area (Å²) in [5, 5.41) is 16.7. The van der Waals surface area contributed by atoms with Gasteiger partial charge < -0.3 is 15.7 Å². The van der Waals surface area contributed by atoms with E-state index in [4.69, 9.17) is 0 Å². The molecule has 3 aliphatic rings. The molecule has 0 radical (unpaired) electrons. The van der Waals surface area contributed by atoms with Crippen molar-refractivity contribution in [2.75, 3.05) is 5.32 Å². The quantitative estimate of drug-likeness (QED) is 0.300. The maximum atomic E-state index is 14.2. The van der Waals surface area contributed by atoms with E-state index in [1.165, 1.54) is 22.3 Å². The Morgan fingerprint density at radius 2 is 1.76 bits per heavy atom. The highest BCUT2D eigenvalue weighted by molar-refractivity contribution is 5.90. The molecule has 0 aromatic heterocycles. The molecule has 2 aromatic carbocycles. The zero-order chi connectivity index (χ0) is 30.2. The van der Waals surface area contributed by atoms with Crippen LogP contribution in [0.3, 0.4) is 0 Å². The van der Waals surface area contributed by atoms with E-state index in [0.29, 0.717) is 24.0 Å². The van der Waals surface area contributed by atoms with Crippen molar-refractivity contribution in [3.63, 3.8) is 0 Å². The van der Waals surface area contributed by atoms with Gasteiger partial charge in [-0.3, -0.25) is 9.59 Å². The van der Waals surface area contributed by atoms with Gasteiger partial charge in [0.25, 0.3) is 0 Å². The summed E-state index contributed by atoms with van der Waals surface area (Å²) in [5.41, 5.74) is 6.59. The van der Waals surface area contributed by atoms with Gasteiger partial charge in [0.05, 0.1) is 0 Å². The Labute approximate surface area is 252 Å². The maximum absolute atomic E-state index is 14.2. The molecule has 5 rings (SSSR count). The zero-order valence-corrected chi connectivity index (χ0v) is 26.3. The average Bonchev–Trinajstić information content (AvgIpc) is 2.98. The van der Waals surface area contributed by atoms with Crippen LogP contribution in [-0.2, 0) is 27.8 Å². The molecule has 3 aliphatic carbocycles. The number of nitrogens with one attached hydrogen (secondary N) is 2. The first-order valence-corrected chi connectivity index (χ1v) is 16.3. The van der Waals surface area contributed by atoms with Gasteiger partial charge in [0, 0.05) is 29.1 Å². The van der Waals surface area contributed by atoms with Gasteiger partial charge in [-0.1, -0.05) is 59.8 Å². The molecule has 5 unspecified atom stereocenters. The molecule has 226 valence electrons. The summed E-state index contributed by atoms with van der Waals surface area (Å²) in [7, 11) is 0. The minimum absolute atomic E-state index is 0.0153. The fourth-order valence-electron chi connectivity index (χ4n) is 8.87. The van der Waals surface area contributed by atoms with E-state index in [-0.39, 0.29) is 34.5 Å². The molecule has 2 aromatic rings. The number of hydrogen-bond acceptors (Lipinski definition) is 3. The van der Waals surface area contributed by atoms with Gasteiger partial charge in [0.15, 0.2) is 0 Å². The first kappa shape index (κ1) is 30.4. The van der Waals surface area contributed by atoms with Crippen LogP contribution in [0.15, 0.2) is 48.7 Å². The Hall–Kier alpha value is -3.08. The highest BCUT2D eigenvalue weighted by Crippen LogP contribution is 2.56. The predicted octanol–water partition coefficient (Wildman–Crippen LogP) is 8.16. The Morgan fingerprint density at radius 1 is 1.02 bits per heavy atom. The van der Waals surface area contributed by atoms with E-state index < -0.39 is 0 Å². The van der Waals surface area contributed by atoms with Crippen molar-refractivity contribution in [2.45, 2.75) is 110 Å².